The smallest absolute Gasteiger partial charge is 0.236 e. The van der Waals surface area contributed by atoms with Crippen LogP contribution in [0.4, 0.5) is 0 Å². The Balaban J connectivity index is 1.59. The highest BCUT2D eigenvalue weighted by molar-refractivity contribution is 5.83. The van der Waals surface area contributed by atoms with Gasteiger partial charge in [0, 0.05) is 51.2 Å². The summed E-state index contributed by atoms with van der Waals surface area (Å²) < 4.78 is 0. The summed E-state index contributed by atoms with van der Waals surface area (Å²) in [5, 5.41) is 3.11. The first-order chi connectivity index (χ1) is 13.0. The number of carbonyl (C=O) groups excluding carboxylic acids is 3. The second-order valence-electron chi connectivity index (χ2n) is 8.28. The van der Waals surface area contributed by atoms with E-state index in [2.05, 4.69) is 5.32 Å². The third kappa shape index (κ3) is 4.62. The molecule has 0 radical (unpaired) electrons. The number of nitrogens with zero attached hydrogens (tertiary/aromatic N) is 3. The first kappa shape index (κ1) is 20.1. The Morgan fingerprint density at radius 3 is 2.59 bits per heavy atom. The van der Waals surface area contributed by atoms with Crippen LogP contribution in [0.2, 0.25) is 0 Å². The second-order valence-corrected chi connectivity index (χ2v) is 8.28. The lowest BCUT2D eigenvalue weighted by molar-refractivity contribution is -0.146. The molecule has 3 fully saturated rings. The highest BCUT2D eigenvalue weighted by atomic mass is 16.2. The second kappa shape index (κ2) is 9.04. The van der Waals surface area contributed by atoms with Crippen LogP contribution in [0, 0.1) is 11.8 Å². The third-order valence-electron chi connectivity index (χ3n) is 6.39. The van der Waals surface area contributed by atoms with E-state index in [0.717, 1.165) is 58.3 Å². The van der Waals surface area contributed by atoms with Crippen molar-refractivity contribution < 1.29 is 14.4 Å². The summed E-state index contributed by atoms with van der Waals surface area (Å²) in [6, 6.07) is 0.138. The van der Waals surface area contributed by atoms with E-state index in [1.54, 1.807) is 0 Å². The zero-order valence-corrected chi connectivity index (χ0v) is 16.8. The molecular weight excluding hydrogens is 344 g/mol. The minimum Gasteiger partial charge on any atom is -0.342 e. The van der Waals surface area contributed by atoms with Crippen LogP contribution in [0.5, 0.6) is 0 Å². The Labute approximate surface area is 162 Å². The molecule has 3 rings (SSSR count). The highest BCUT2D eigenvalue weighted by Gasteiger charge is 2.36. The molecule has 0 spiro atoms. The number of carbonyl (C=O) groups is 3. The Kier molecular flexibility index (Phi) is 6.73. The van der Waals surface area contributed by atoms with E-state index in [9.17, 15) is 14.4 Å². The summed E-state index contributed by atoms with van der Waals surface area (Å²) in [7, 11) is 0. The first-order valence-electron chi connectivity index (χ1n) is 10.6. The highest BCUT2D eigenvalue weighted by Crippen LogP contribution is 2.24. The molecule has 0 aromatic heterocycles. The lowest BCUT2D eigenvalue weighted by atomic mass is 9.93. The van der Waals surface area contributed by atoms with Gasteiger partial charge in [-0.15, -0.1) is 0 Å². The van der Waals surface area contributed by atoms with Gasteiger partial charge in [-0.05, 0) is 32.1 Å². The van der Waals surface area contributed by atoms with E-state index in [1.165, 1.54) is 0 Å². The Bertz CT molecular complexity index is 567. The Hall–Kier alpha value is -1.63. The molecule has 3 aliphatic rings. The van der Waals surface area contributed by atoms with Crippen LogP contribution in [-0.4, -0.2) is 84.3 Å². The first-order valence-corrected chi connectivity index (χ1v) is 10.6. The average Bonchev–Trinajstić information content (AvgIpc) is 2.72. The van der Waals surface area contributed by atoms with Crippen molar-refractivity contribution in [2.75, 3.05) is 45.8 Å². The molecule has 7 heteroatoms. The van der Waals surface area contributed by atoms with Gasteiger partial charge in [-0.1, -0.05) is 13.8 Å². The van der Waals surface area contributed by atoms with Gasteiger partial charge in [0.1, 0.15) is 0 Å². The summed E-state index contributed by atoms with van der Waals surface area (Å²) in [6.45, 7) is 8.68. The molecule has 3 unspecified atom stereocenters. The van der Waals surface area contributed by atoms with Crippen molar-refractivity contribution in [1.29, 1.82) is 0 Å². The minimum absolute atomic E-state index is 0.0249. The molecule has 27 heavy (non-hydrogen) atoms. The summed E-state index contributed by atoms with van der Waals surface area (Å²) in [6.07, 6.45) is 4.50. The molecule has 1 N–H and O–H groups in total. The van der Waals surface area contributed by atoms with E-state index in [-0.39, 0.29) is 35.6 Å². The van der Waals surface area contributed by atoms with Crippen molar-refractivity contribution in [1.82, 2.24) is 20.0 Å². The molecule has 0 aliphatic carbocycles. The molecule has 152 valence electrons. The van der Waals surface area contributed by atoms with Crippen LogP contribution in [-0.2, 0) is 14.4 Å². The van der Waals surface area contributed by atoms with Crippen molar-refractivity contribution in [2.45, 2.75) is 52.0 Å². The van der Waals surface area contributed by atoms with Crippen molar-refractivity contribution >= 4 is 17.7 Å². The van der Waals surface area contributed by atoms with E-state index >= 15 is 0 Å². The van der Waals surface area contributed by atoms with Crippen LogP contribution in [0.1, 0.15) is 46.0 Å². The Morgan fingerprint density at radius 1 is 1.11 bits per heavy atom. The molecule has 0 aromatic rings. The standard InChI is InChI=1S/C20H34N4O3/c1-3-15(2)19(26)22-9-4-6-16(13-22)20(27)23-10-5-7-17(14-23)24-11-8-21-12-18(24)25/h15-17,21H,3-14H2,1-2H3. The van der Waals surface area contributed by atoms with Gasteiger partial charge < -0.3 is 20.0 Å². The molecule has 0 aromatic carbocycles. The zero-order chi connectivity index (χ0) is 19.4. The number of hydrogen-bond donors (Lipinski definition) is 1. The number of nitrogens with one attached hydrogen (secondary N) is 1. The molecular formula is C20H34N4O3. The number of amides is 3. The largest absolute Gasteiger partial charge is 0.342 e. The van der Waals surface area contributed by atoms with Crippen molar-refractivity contribution in [3.05, 3.63) is 0 Å². The third-order valence-corrected chi connectivity index (χ3v) is 6.39. The molecule has 0 bridgehead atoms. The summed E-state index contributed by atoms with van der Waals surface area (Å²) >= 11 is 0. The van der Waals surface area contributed by atoms with Crippen molar-refractivity contribution in [3.63, 3.8) is 0 Å². The van der Waals surface area contributed by atoms with Gasteiger partial charge in [0.25, 0.3) is 0 Å². The number of rotatable bonds is 4. The van der Waals surface area contributed by atoms with Crippen molar-refractivity contribution in [2.24, 2.45) is 11.8 Å². The summed E-state index contributed by atoms with van der Waals surface area (Å²) in [4.78, 5) is 43.7. The van der Waals surface area contributed by atoms with Gasteiger partial charge >= 0.3 is 0 Å². The molecule has 0 saturated carbocycles. The maximum Gasteiger partial charge on any atom is 0.236 e. The number of likely N-dealkylation sites (tertiary alicyclic amines) is 2. The van der Waals surface area contributed by atoms with Gasteiger partial charge in [0.2, 0.25) is 17.7 Å². The molecule has 3 aliphatic heterocycles. The fourth-order valence-corrected chi connectivity index (χ4v) is 4.54. The van der Waals surface area contributed by atoms with Gasteiger partial charge in [0.05, 0.1) is 12.5 Å². The average molecular weight is 379 g/mol. The molecule has 3 heterocycles. The number of hydrogen-bond acceptors (Lipinski definition) is 4. The monoisotopic (exact) mass is 378 g/mol. The molecule has 7 nitrogen and oxygen atoms in total. The predicted octanol–water partition coefficient (Wildman–Crippen LogP) is 0.694. The maximum atomic E-state index is 13.1. The number of piperazine rings is 1. The lowest BCUT2D eigenvalue weighted by Crippen LogP contribution is -2.58. The number of piperidine rings is 2. The SMILES string of the molecule is CCC(C)C(=O)N1CCCC(C(=O)N2CCCC(N3CCNCC3=O)C2)C1. The fraction of sp³-hybridized carbons (Fsp3) is 0.850. The summed E-state index contributed by atoms with van der Waals surface area (Å²) in [5.74, 6) is 0.423. The maximum absolute atomic E-state index is 13.1. The van der Waals surface area contributed by atoms with Crippen LogP contribution < -0.4 is 5.32 Å². The predicted molar refractivity (Wildman–Crippen MR) is 103 cm³/mol. The van der Waals surface area contributed by atoms with Crippen LogP contribution >= 0.6 is 0 Å². The van der Waals surface area contributed by atoms with E-state index in [1.807, 2.05) is 28.5 Å². The molecule has 3 saturated heterocycles. The van der Waals surface area contributed by atoms with Gasteiger partial charge in [-0.3, -0.25) is 14.4 Å². The quantitative estimate of drug-likeness (QED) is 0.781. The summed E-state index contributed by atoms with van der Waals surface area (Å²) in [5.41, 5.74) is 0. The molecule has 3 atom stereocenters. The van der Waals surface area contributed by atoms with Crippen LogP contribution in [0.15, 0.2) is 0 Å². The zero-order valence-electron chi connectivity index (χ0n) is 16.8. The minimum atomic E-state index is -0.0933. The van der Waals surface area contributed by atoms with Gasteiger partial charge in [-0.25, -0.2) is 0 Å². The Morgan fingerprint density at radius 2 is 1.85 bits per heavy atom. The van der Waals surface area contributed by atoms with Gasteiger partial charge in [-0.2, -0.15) is 0 Å². The van der Waals surface area contributed by atoms with Crippen LogP contribution in [0.3, 0.4) is 0 Å². The van der Waals surface area contributed by atoms with E-state index in [0.29, 0.717) is 19.6 Å². The van der Waals surface area contributed by atoms with Gasteiger partial charge in [0.15, 0.2) is 0 Å². The molecule has 3 amide bonds. The van der Waals surface area contributed by atoms with Crippen LogP contribution in [0.25, 0.3) is 0 Å². The normalized spacial score (nSPS) is 28.2. The van der Waals surface area contributed by atoms with E-state index in [4.69, 9.17) is 0 Å². The van der Waals surface area contributed by atoms with E-state index < -0.39 is 0 Å². The topological polar surface area (TPSA) is 73.0 Å². The fourth-order valence-electron chi connectivity index (χ4n) is 4.54. The van der Waals surface area contributed by atoms with Crippen molar-refractivity contribution in [3.8, 4) is 0 Å². The lowest BCUT2D eigenvalue weighted by Gasteiger charge is -2.43.